The monoisotopic (exact) mass is 212 g/mol. The van der Waals surface area contributed by atoms with Gasteiger partial charge in [0.25, 0.3) is 5.91 Å². The van der Waals surface area contributed by atoms with E-state index in [4.69, 9.17) is 9.47 Å². The molecule has 3 saturated heterocycles. The van der Waals surface area contributed by atoms with Crippen molar-refractivity contribution in [3.05, 3.63) is 0 Å². The summed E-state index contributed by atoms with van der Waals surface area (Å²) in [5, 5.41) is 2.66. The Bertz CT molecular complexity index is 311. The van der Waals surface area contributed by atoms with Gasteiger partial charge in [-0.1, -0.05) is 0 Å². The van der Waals surface area contributed by atoms with Crippen molar-refractivity contribution >= 4 is 11.9 Å². The minimum atomic E-state index is -0.399. The molecule has 0 aliphatic carbocycles. The van der Waals surface area contributed by atoms with Crippen LogP contribution in [0.15, 0.2) is 0 Å². The molecule has 82 valence electrons. The number of hydrogen-bond donors (Lipinski definition) is 1. The molecular formula is C9H12N2O4. The summed E-state index contributed by atoms with van der Waals surface area (Å²) in [7, 11) is 0. The predicted molar refractivity (Wildman–Crippen MR) is 48.1 cm³/mol. The summed E-state index contributed by atoms with van der Waals surface area (Å²) in [6.45, 7) is 1.73. The molecule has 3 heterocycles. The van der Waals surface area contributed by atoms with E-state index < -0.39 is 6.04 Å². The lowest BCUT2D eigenvalue weighted by Gasteiger charge is -2.10. The van der Waals surface area contributed by atoms with Gasteiger partial charge in [0.2, 0.25) is 0 Å². The van der Waals surface area contributed by atoms with Gasteiger partial charge in [-0.05, 0) is 0 Å². The third kappa shape index (κ3) is 1.82. The molecule has 0 radical (unpaired) electrons. The number of imide groups is 1. The van der Waals surface area contributed by atoms with Crippen molar-refractivity contribution in [2.75, 3.05) is 19.8 Å². The number of hydrogen-bond acceptors (Lipinski definition) is 4. The standard InChI is InChI=1S/C9H12N2O4/c12-8-7(1-5-3-14-5)10-9(13)11(8)2-6-4-15-6/h5-7H,1-4H2,(H,10,13). The zero-order chi connectivity index (χ0) is 10.4. The van der Waals surface area contributed by atoms with E-state index in [2.05, 4.69) is 5.32 Å². The van der Waals surface area contributed by atoms with Crippen LogP contribution in [-0.2, 0) is 14.3 Å². The maximum Gasteiger partial charge on any atom is 0.324 e. The number of ether oxygens (including phenoxy) is 2. The summed E-state index contributed by atoms with van der Waals surface area (Å²) >= 11 is 0. The molecule has 0 aromatic heterocycles. The maximum absolute atomic E-state index is 11.8. The van der Waals surface area contributed by atoms with Crippen LogP contribution in [0.4, 0.5) is 4.79 Å². The molecule has 3 rings (SSSR count). The molecule has 0 spiro atoms. The van der Waals surface area contributed by atoms with Crippen LogP contribution in [-0.4, -0.2) is 54.8 Å². The van der Waals surface area contributed by atoms with Crippen LogP contribution in [0.3, 0.4) is 0 Å². The van der Waals surface area contributed by atoms with E-state index in [1.807, 2.05) is 0 Å². The van der Waals surface area contributed by atoms with Crippen molar-refractivity contribution < 1.29 is 19.1 Å². The number of amides is 3. The van der Waals surface area contributed by atoms with Gasteiger partial charge >= 0.3 is 6.03 Å². The second-order valence-corrected chi connectivity index (χ2v) is 4.10. The van der Waals surface area contributed by atoms with E-state index in [9.17, 15) is 9.59 Å². The quantitative estimate of drug-likeness (QED) is 0.484. The van der Waals surface area contributed by atoms with Crippen LogP contribution in [0, 0.1) is 0 Å². The van der Waals surface area contributed by atoms with Crippen molar-refractivity contribution in [1.29, 1.82) is 0 Å². The summed E-state index contributed by atoms with van der Waals surface area (Å²) in [6.07, 6.45) is 0.791. The first-order valence-electron chi connectivity index (χ1n) is 5.09. The van der Waals surface area contributed by atoms with Gasteiger partial charge in [0.05, 0.1) is 32.0 Å². The number of nitrogens with one attached hydrogen (secondary N) is 1. The van der Waals surface area contributed by atoms with Gasteiger partial charge in [-0.25, -0.2) is 4.79 Å². The number of epoxide rings is 2. The highest BCUT2D eigenvalue weighted by molar-refractivity contribution is 6.04. The van der Waals surface area contributed by atoms with Crippen molar-refractivity contribution in [2.24, 2.45) is 0 Å². The van der Waals surface area contributed by atoms with Gasteiger partial charge in [0, 0.05) is 6.42 Å². The smallest absolute Gasteiger partial charge is 0.324 e. The Labute approximate surface area is 86.5 Å². The average Bonchev–Trinajstić information content (AvgIpc) is 3.06. The molecule has 3 amide bonds. The van der Waals surface area contributed by atoms with E-state index in [1.165, 1.54) is 4.90 Å². The highest BCUT2D eigenvalue weighted by atomic mass is 16.6. The molecule has 0 aromatic carbocycles. The molecule has 3 fully saturated rings. The highest BCUT2D eigenvalue weighted by Crippen LogP contribution is 2.21. The Balaban J connectivity index is 1.62. The SMILES string of the molecule is O=C1NC(CC2CO2)C(=O)N1CC1CO1. The molecular weight excluding hydrogens is 200 g/mol. The number of carbonyl (C=O) groups is 2. The molecule has 3 aliphatic rings. The predicted octanol–water partition coefficient (Wildman–Crippen LogP) is -0.906. The fourth-order valence-corrected chi connectivity index (χ4v) is 1.75. The third-order valence-electron chi connectivity index (χ3n) is 2.80. The number of rotatable bonds is 4. The van der Waals surface area contributed by atoms with Crippen LogP contribution in [0.5, 0.6) is 0 Å². The Morgan fingerprint density at radius 1 is 1.27 bits per heavy atom. The van der Waals surface area contributed by atoms with E-state index in [0.29, 0.717) is 26.2 Å². The third-order valence-corrected chi connectivity index (χ3v) is 2.80. The number of nitrogens with zero attached hydrogens (tertiary/aromatic N) is 1. The molecule has 3 aliphatic heterocycles. The van der Waals surface area contributed by atoms with Crippen LogP contribution in [0.2, 0.25) is 0 Å². The summed E-state index contributed by atoms with van der Waals surface area (Å²) in [6, 6.07) is -0.704. The van der Waals surface area contributed by atoms with E-state index in [-0.39, 0.29) is 24.1 Å². The summed E-state index contributed by atoms with van der Waals surface area (Å²) in [4.78, 5) is 24.5. The van der Waals surface area contributed by atoms with Gasteiger partial charge in [0.15, 0.2) is 0 Å². The van der Waals surface area contributed by atoms with Gasteiger partial charge in [-0.15, -0.1) is 0 Å². The second-order valence-electron chi connectivity index (χ2n) is 4.10. The van der Waals surface area contributed by atoms with Crippen molar-refractivity contribution in [1.82, 2.24) is 10.2 Å². The number of carbonyl (C=O) groups excluding carboxylic acids is 2. The highest BCUT2D eigenvalue weighted by Gasteiger charge is 2.43. The Morgan fingerprint density at radius 3 is 2.53 bits per heavy atom. The van der Waals surface area contributed by atoms with Gasteiger partial charge in [0.1, 0.15) is 6.04 Å². The van der Waals surface area contributed by atoms with E-state index in [0.717, 1.165) is 0 Å². The first-order valence-corrected chi connectivity index (χ1v) is 5.09. The molecule has 3 unspecified atom stereocenters. The van der Waals surface area contributed by atoms with Crippen LogP contribution in [0.25, 0.3) is 0 Å². The van der Waals surface area contributed by atoms with Crippen molar-refractivity contribution in [2.45, 2.75) is 24.7 Å². The molecule has 0 saturated carbocycles. The largest absolute Gasteiger partial charge is 0.373 e. The maximum atomic E-state index is 11.8. The zero-order valence-electron chi connectivity index (χ0n) is 8.14. The molecule has 15 heavy (non-hydrogen) atoms. The summed E-state index contributed by atoms with van der Waals surface area (Å²) < 4.78 is 10.0. The molecule has 0 bridgehead atoms. The molecule has 3 atom stereocenters. The minimum Gasteiger partial charge on any atom is -0.373 e. The lowest BCUT2D eigenvalue weighted by atomic mass is 10.1. The van der Waals surface area contributed by atoms with Gasteiger partial charge < -0.3 is 14.8 Å². The first-order chi connectivity index (χ1) is 7.24. The average molecular weight is 212 g/mol. The normalized spacial score (nSPS) is 38.1. The van der Waals surface area contributed by atoms with E-state index >= 15 is 0 Å². The number of urea groups is 1. The summed E-state index contributed by atoms with van der Waals surface area (Å²) in [5.74, 6) is -0.147. The van der Waals surface area contributed by atoms with Gasteiger partial charge in [-0.3, -0.25) is 9.69 Å². The van der Waals surface area contributed by atoms with Crippen LogP contribution >= 0.6 is 0 Å². The summed E-state index contributed by atoms with van der Waals surface area (Å²) in [5.41, 5.74) is 0. The lowest BCUT2D eigenvalue weighted by Crippen LogP contribution is -2.35. The van der Waals surface area contributed by atoms with Crippen LogP contribution < -0.4 is 5.32 Å². The molecule has 0 aromatic rings. The molecule has 6 heteroatoms. The second kappa shape index (κ2) is 3.18. The van der Waals surface area contributed by atoms with Crippen molar-refractivity contribution in [3.63, 3.8) is 0 Å². The van der Waals surface area contributed by atoms with Crippen LogP contribution in [0.1, 0.15) is 6.42 Å². The minimum absolute atomic E-state index is 0.0515. The van der Waals surface area contributed by atoms with Gasteiger partial charge in [-0.2, -0.15) is 0 Å². The Morgan fingerprint density at radius 2 is 1.93 bits per heavy atom. The Kier molecular flexibility index (Phi) is 1.93. The lowest BCUT2D eigenvalue weighted by molar-refractivity contribution is -0.127. The Hall–Kier alpha value is -1.14. The fourth-order valence-electron chi connectivity index (χ4n) is 1.75. The van der Waals surface area contributed by atoms with Crippen molar-refractivity contribution in [3.8, 4) is 0 Å². The zero-order valence-corrected chi connectivity index (χ0v) is 8.14. The molecule has 1 N–H and O–H groups in total. The fraction of sp³-hybridized carbons (Fsp3) is 0.778. The van der Waals surface area contributed by atoms with E-state index in [1.54, 1.807) is 0 Å². The topological polar surface area (TPSA) is 74.5 Å². The molecule has 6 nitrogen and oxygen atoms in total. The first kappa shape index (κ1) is 9.11.